The van der Waals surface area contributed by atoms with Gasteiger partial charge in [-0.05, 0) is 37.0 Å². The van der Waals surface area contributed by atoms with Gasteiger partial charge in [0.25, 0.3) is 0 Å². The van der Waals surface area contributed by atoms with Gasteiger partial charge >= 0.3 is 0 Å². The number of fused-ring (bicyclic) bond motifs is 1. The molecule has 5 rings (SSSR count). The summed E-state index contributed by atoms with van der Waals surface area (Å²) in [4.78, 5) is 42.7. The van der Waals surface area contributed by atoms with Crippen molar-refractivity contribution in [2.45, 2.75) is 54.8 Å². The van der Waals surface area contributed by atoms with Crippen molar-refractivity contribution < 1.29 is 19.5 Å². The molecule has 1 spiro atoms. The Morgan fingerprint density at radius 2 is 1.80 bits per heavy atom. The van der Waals surface area contributed by atoms with Crippen LogP contribution in [0, 0.1) is 11.8 Å². The molecule has 3 fully saturated rings. The molecule has 2 unspecified atom stereocenters. The number of likely N-dealkylation sites (tertiary alicyclic amines) is 1. The summed E-state index contributed by atoms with van der Waals surface area (Å²) in [5, 5.41) is 16.1. The Labute approximate surface area is 209 Å². The number of thioether (sulfide) groups is 1. The van der Waals surface area contributed by atoms with Gasteiger partial charge in [-0.3, -0.25) is 14.4 Å². The van der Waals surface area contributed by atoms with Crippen LogP contribution >= 0.6 is 11.8 Å². The number of aliphatic hydroxyl groups excluding tert-OH is 1. The van der Waals surface area contributed by atoms with E-state index in [1.165, 1.54) is 0 Å². The standard InChI is InChI=1S/C27H31N3O4S/c1-2-19(16-31)30-23(25(33)28-15-17-9-5-3-6-10-17)27-14-13-20(35-27)21(22(27)26(30)34)24(32)29-18-11-7-4-8-12-18/h3-12,19-23,31H,2,13-16H2,1H3,(H,28,33)(H,29,32)/t19-,20-,21+,22-,23?,27?/m0/s1. The lowest BCUT2D eigenvalue weighted by Crippen LogP contribution is -2.56. The molecule has 35 heavy (non-hydrogen) atoms. The molecule has 3 amide bonds. The average Bonchev–Trinajstić information content (AvgIpc) is 3.52. The highest BCUT2D eigenvalue weighted by atomic mass is 32.2. The molecule has 2 aromatic rings. The molecule has 0 aromatic heterocycles. The molecular weight excluding hydrogens is 462 g/mol. The predicted molar refractivity (Wildman–Crippen MR) is 135 cm³/mol. The minimum atomic E-state index is -0.717. The zero-order valence-electron chi connectivity index (χ0n) is 19.7. The number of carbonyl (C=O) groups excluding carboxylic acids is 3. The van der Waals surface area contributed by atoms with E-state index in [9.17, 15) is 19.5 Å². The Bertz CT molecular complexity index is 1090. The number of amides is 3. The maximum absolute atomic E-state index is 13.9. The van der Waals surface area contributed by atoms with Crippen molar-refractivity contribution >= 4 is 35.2 Å². The topological polar surface area (TPSA) is 98.7 Å². The number of benzene rings is 2. The number of nitrogens with one attached hydrogen (secondary N) is 2. The van der Waals surface area contributed by atoms with Crippen LogP contribution in [0.3, 0.4) is 0 Å². The van der Waals surface area contributed by atoms with Crippen molar-refractivity contribution in [3.05, 3.63) is 66.2 Å². The Hall–Kier alpha value is -2.84. The molecule has 3 aliphatic rings. The van der Waals surface area contributed by atoms with E-state index >= 15 is 0 Å². The zero-order valence-corrected chi connectivity index (χ0v) is 20.5. The lowest BCUT2D eigenvalue weighted by Gasteiger charge is -2.36. The number of hydrogen-bond acceptors (Lipinski definition) is 5. The molecule has 2 aromatic carbocycles. The van der Waals surface area contributed by atoms with Crippen molar-refractivity contribution in [1.82, 2.24) is 10.2 Å². The number of aliphatic hydroxyl groups is 1. The fourth-order valence-electron chi connectivity index (χ4n) is 6.13. The van der Waals surface area contributed by atoms with Gasteiger partial charge in [-0.2, -0.15) is 0 Å². The van der Waals surface area contributed by atoms with Gasteiger partial charge in [0.2, 0.25) is 17.7 Å². The maximum Gasteiger partial charge on any atom is 0.244 e. The average molecular weight is 494 g/mol. The Kier molecular flexibility index (Phi) is 6.59. The van der Waals surface area contributed by atoms with Gasteiger partial charge in [0.05, 0.1) is 29.2 Å². The third-order valence-electron chi connectivity index (χ3n) is 7.72. The second-order valence-electron chi connectivity index (χ2n) is 9.60. The van der Waals surface area contributed by atoms with E-state index in [1.807, 2.05) is 67.6 Å². The van der Waals surface area contributed by atoms with Gasteiger partial charge < -0.3 is 20.6 Å². The molecular formula is C27H31N3O4S. The molecule has 7 nitrogen and oxygen atoms in total. The van der Waals surface area contributed by atoms with Crippen LogP contribution in [0.15, 0.2) is 60.7 Å². The van der Waals surface area contributed by atoms with Crippen molar-refractivity contribution in [2.75, 3.05) is 11.9 Å². The summed E-state index contributed by atoms with van der Waals surface area (Å²) in [7, 11) is 0. The van der Waals surface area contributed by atoms with Crippen LogP contribution < -0.4 is 10.6 Å². The first-order chi connectivity index (χ1) is 17.0. The van der Waals surface area contributed by atoms with Gasteiger partial charge in [-0.1, -0.05) is 55.5 Å². The predicted octanol–water partition coefficient (Wildman–Crippen LogP) is 2.80. The van der Waals surface area contributed by atoms with Crippen LogP contribution in [0.25, 0.3) is 0 Å². The zero-order chi connectivity index (χ0) is 24.6. The number of rotatable bonds is 8. The summed E-state index contributed by atoms with van der Waals surface area (Å²) in [6, 6.07) is 17.7. The maximum atomic E-state index is 13.9. The second kappa shape index (κ2) is 9.66. The van der Waals surface area contributed by atoms with Gasteiger partial charge in [0.1, 0.15) is 6.04 Å². The van der Waals surface area contributed by atoms with Crippen LogP contribution in [0.2, 0.25) is 0 Å². The van der Waals surface area contributed by atoms with Gasteiger partial charge in [-0.15, -0.1) is 11.8 Å². The number of anilines is 1. The normalized spacial score (nSPS) is 29.7. The number of para-hydroxylation sites is 1. The number of nitrogens with zero attached hydrogens (tertiary/aromatic N) is 1. The van der Waals surface area contributed by atoms with Crippen LogP contribution in [0.4, 0.5) is 5.69 Å². The monoisotopic (exact) mass is 493 g/mol. The summed E-state index contributed by atoms with van der Waals surface area (Å²) >= 11 is 1.63. The first-order valence-electron chi connectivity index (χ1n) is 12.3. The molecule has 2 bridgehead atoms. The molecule has 184 valence electrons. The SMILES string of the molecule is CC[C@@H](CO)N1C(=O)[C@@H]2[C@H](C(=O)Nc3ccccc3)[C@@H]3CCC2(S3)C1C(=O)NCc1ccccc1. The largest absolute Gasteiger partial charge is 0.394 e. The molecule has 3 heterocycles. The molecule has 6 atom stereocenters. The number of carbonyl (C=O) groups is 3. The van der Waals surface area contributed by atoms with Crippen LogP contribution in [-0.4, -0.2) is 56.4 Å². The Morgan fingerprint density at radius 1 is 1.11 bits per heavy atom. The molecule has 3 saturated heterocycles. The van der Waals surface area contributed by atoms with E-state index in [1.54, 1.807) is 16.7 Å². The second-order valence-corrected chi connectivity index (χ2v) is 11.2. The Morgan fingerprint density at radius 3 is 2.46 bits per heavy atom. The van der Waals surface area contributed by atoms with Crippen molar-refractivity contribution in [3.63, 3.8) is 0 Å². The van der Waals surface area contributed by atoms with Crippen LogP contribution in [-0.2, 0) is 20.9 Å². The first kappa shape index (κ1) is 23.9. The first-order valence-corrected chi connectivity index (χ1v) is 13.2. The fourth-order valence-corrected chi connectivity index (χ4v) is 8.33. The van der Waals surface area contributed by atoms with E-state index < -0.39 is 28.7 Å². The fraction of sp³-hybridized carbons (Fsp3) is 0.444. The summed E-state index contributed by atoms with van der Waals surface area (Å²) < 4.78 is -0.663. The lowest BCUT2D eigenvalue weighted by atomic mass is 9.70. The molecule has 0 aliphatic carbocycles. The molecule has 8 heteroatoms. The van der Waals surface area contributed by atoms with Gasteiger partial charge in [0, 0.05) is 17.5 Å². The van der Waals surface area contributed by atoms with Crippen molar-refractivity contribution in [3.8, 4) is 0 Å². The summed E-state index contributed by atoms with van der Waals surface area (Å²) in [5.74, 6) is -1.66. The van der Waals surface area contributed by atoms with E-state index in [0.29, 0.717) is 25.1 Å². The Balaban J connectivity index is 1.45. The highest BCUT2D eigenvalue weighted by molar-refractivity contribution is 8.02. The number of hydrogen-bond donors (Lipinski definition) is 3. The van der Waals surface area contributed by atoms with E-state index in [0.717, 1.165) is 12.0 Å². The molecule has 0 radical (unpaired) electrons. The van der Waals surface area contributed by atoms with E-state index in [-0.39, 0.29) is 29.6 Å². The third-order valence-corrected chi connectivity index (χ3v) is 9.67. The van der Waals surface area contributed by atoms with Gasteiger partial charge in [-0.25, -0.2) is 0 Å². The molecule has 3 N–H and O–H groups in total. The van der Waals surface area contributed by atoms with Gasteiger partial charge in [0.15, 0.2) is 0 Å². The van der Waals surface area contributed by atoms with Crippen molar-refractivity contribution in [2.24, 2.45) is 11.8 Å². The minimum Gasteiger partial charge on any atom is -0.394 e. The lowest BCUT2D eigenvalue weighted by molar-refractivity contribution is -0.142. The van der Waals surface area contributed by atoms with Crippen LogP contribution in [0.1, 0.15) is 31.7 Å². The summed E-state index contributed by atoms with van der Waals surface area (Å²) in [5.41, 5.74) is 1.67. The van der Waals surface area contributed by atoms with Crippen LogP contribution in [0.5, 0.6) is 0 Å². The summed E-state index contributed by atoms with van der Waals surface area (Å²) in [6.45, 7) is 2.05. The highest BCUT2D eigenvalue weighted by Gasteiger charge is 2.74. The highest BCUT2D eigenvalue weighted by Crippen LogP contribution is 2.66. The van der Waals surface area contributed by atoms with E-state index in [2.05, 4.69) is 10.6 Å². The quantitative estimate of drug-likeness (QED) is 0.525. The van der Waals surface area contributed by atoms with Crippen molar-refractivity contribution in [1.29, 1.82) is 0 Å². The van der Waals surface area contributed by atoms with E-state index in [4.69, 9.17) is 0 Å². The molecule has 3 aliphatic heterocycles. The smallest absolute Gasteiger partial charge is 0.244 e. The molecule has 0 saturated carbocycles. The third kappa shape index (κ3) is 4.02. The summed E-state index contributed by atoms with van der Waals surface area (Å²) in [6.07, 6.45) is 2.02. The minimum absolute atomic E-state index is 0.00608.